The number of benzene rings is 1. The van der Waals surface area contributed by atoms with Crippen molar-refractivity contribution in [3.63, 3.8) is 0 Å². The Kier molecular flexibility index (Phi) is 3.77. The maximum atomic E-state index is 12.1. The van der Waals surface area contributed by atoms with Gasteiger partial charge in [-0.15, -0.1) is 0 Å². The second-order valence-electron chi connectivity index (χ2n) is 4.51. The number of imide groups is 1. The van der Waals surface area contributed by atoms with Gasteiger partial charge >= 0.3 is 0 Å². The number of likely N-dealkylation sites (N-methyl/N-ethyl adjacent to an activating group) is 1. The van der Waals surface area contributed by atoms with Crippen molar-refractivity contribution in [1.82, 2.24) is 4.90 Å². The van der Waals surface area contributed by atoms with Gasteiger partial charge in [-0.1, -0.05) is 12.1 Å². The van der Waals surface area contributed by atoms with Crippen molar-refractivity contribution in [3.05, 3.63) is 35.4 Å². The molecular formula is C14H19N2O2+. The molecule has 0 saturated carbocycles. The molecule has 1 heterocycles. The molecule has 4 nitrogen and oxygen atoms in total. The van der Waals surface area contributed by atoms with E-state index in [1.165, 1.54) is 9.80 Å². The van der Waals surface area contributed by atoms with E-state index in [1.54, 1.807) is 24.3 Å². The number of carbonyl (C=O) groups is 2. The number of carbonyl (C=O) groups excluding carboxylic acids is 2. The highest BCUT2D eigenvalue weighted by atomic mass is 16.2. The fraction of sp³-hybridized carbons (Fsp3) is 0.429. The number of amides is 2. The summed E-state index contributed by atoms with van der Waals surface area (Å²) in [6.07, 6.45) is 0. The molecule has 96 valence electrons. The Hall–Kier alpha value is -1.68. The fourth-order valence-corrected chi connectivity index (χ4v) is 2.32. The second kappa shape index (κ2) is 5.31. The van der Waals surface area contributed by atoms with Crippen LogP contribution in [0.1, 0.15) is 34.6 Å². The normalized spacial score (nSPS) is 14.5. The molecule has 0 bridgehead atoms. The molecule has 1 N–H and O–H groups in total. The summed E-state index contributed by atoms with van der Waals surface area (Å²) in [6.45, 7) is 7.57. The Morgan fingerprint density at radius 2 is 1.50 bits per heavy atom. The molecule has 1 aliphatic heterocycles. The molecule has 0 aliphatic carbocycles. The molecule has 0 unspecified atom stereocenters. The van der Waals surface area contributed by atoms with Crippen LogP contribution in [0, 0.1) is 0 Å². The summed E-state index contributed by atoms with van der Waals surface area (Å²) in [6, 6.07) is 7.03. The van der Waals surface area contributed by atoms with Crippen LogP contribution in [0.25, 0.3) is 0 Å². The van der Waals surface area contributed by atoms with Gasteiger partial charge in [0.15, 0.2) is 0 Å². The monoisotopic (exact) mass is 247 g/mol. The molecular weight excluding hydrogens is 228 g/mol. The first-order chi connectivity index (χ1) is 8.69. The summed E-state index contributed by atoms with van der Waals surface area (Å²) < 4.78 is 0. The van der Waals surface area contributed by atoms with Gasteiger partial charge in [-0.3, -0.25) is 14.5 Å². The van der Waals surface area contributed by atoms with Crippen LogP contribution in [-0.2, 0) is 0 Å². The lowest BCUT2D eigenvalue weighted by atomic mass is 10.1. The third-order valence-electron chi connectivity index (χ3n) is 3.57. The standard InChI is InChI=1S/C14H18N2O2/c1-3-15(4-2)9-10-16-13(17)11-7-5-6-8-12(11)14(16)18/h5-8H,3-4,9-10H2,1-2H3/p+1. The summed E-state index contributed by atoms with van der Waals surface area (Å²) >= 11 is 0. The molecule has 1 aromatic carbocycles. The first-order valence-corrected chi connectivity index (χ1v) is 6.47. The smallest absolute Gasteiger partial charge is 0.261 e. The predicted molar refractivity (Wildman–Crippen MR) is 68.7 cm³/mol. The number of fused-ring (bicyclic) bond motifs is 1. The largest absolute Gasteiger partial charge is 0.334 e. The van der Waals surface area contributed by atoms with Crippen molar-refractivity contribution in [2.45, 2.75) is 13.8 Å². The zero-order valence-electron chi connectivity index (χ0n) is 10.9. The van der Waals surface area contributed by atoms with Crippen LogP contribution < -0.4 is 4.90 Å². The van der Waals surface area contributed by atoms with Gasteiger partial charge < -0.3 is 4.90 Å². The van der Waals surface area contributed by atoms with E-state index in [1.807, 2.05) is 0 Å². The van der Waals surface area contributed by atoms with Gasteiger partial charge in [-0.05, 0) is 26.0 Å². The average Bonchev–Trinajstić information content (AvgIpc) is 2.65. The summed E-state index contributed by atoms with van der Waals surface area (Å²) in [5.74, 6) is -0.302. The van der Waals surface area contributed by atoms with Crippen molar-refractivity contribution in [1.29, 1.82) is 0 Å². The van der Waals surface area contributed by atoms with E-state index in [0.29, 0.717) is 17.7 Å². The zero-order valence-corrected chi connectivity index (χ0v) is 10.9. The Labute approximate surface area is 107 Å². The molecule has 2 amide bonds. The maximum Gasteiger partial charge on any atom is 0.261 e. The first-order valence-electron chi connectivity index (χ1n) is 6.47. The van der Waals surface area contributed by atoms with E-state index in [2.05, 4.69) is 13.8 Å². The lowest BCUT2D eigenvalue weighted by molar-refractivity contribution is -0.895. The molecule has 0 atom stereocenters. The SMILES string of the molecule is CC[NH+](CC)CCN1C(=O)c2ccccc2C1=O. The van der Waals surface area contributed by atoms with Crippen LogP contribution in [-0.4, -0.2) is 42.9 Å². The van der Waals surface area contributed by atoms with Gasteiger partial charge in [0.05, 0.1) is 37.3 Å². The summed E-state index contributed by atoms with van der Waals surface area (Å²) in [5.41, 5.74) is 1.08. The quantitative estimate of drug-likeness (QED) is 0.756. The molecule has 0 saturated heterocycles. The Morgan fingerprint density at radius 1 is 1.00 bits per heavy atom. The molecule has 18 heavy (non-hydrogen) atoms. The van der Waals surface area contributed by atoms with E-state index in [-0.39, 0.29) is 11.8 Å². The van der Waals surface area contributed by atoms with E-state index < -0.39 is 0 Å². The molecule has 0 spiro atoms. The molecule has 1 aromatic rings. The van der Waals surface area contributed by atoms with Crippen LogP contribution in [0.2, 0.25) is 0 Å². The third-order valence-corrected chi connectivity index (χ3v) is 3.57. The number of hydrogen-bond acceptors (Lipinski definition) is 2. The minimum atomic E-state index is -0.151. The highest BCUT2D eigenvalue weighted by Crippen LogP contribution is 2.21. The van der Waals surface area contributed by atoms with Crippen molar-refractivity contribution in [2.24, 2.45) is 0 Å². The maximum absolute atomic E-state index is 12.1. The van der Waals surface area contributed by atoms with Crippen molar-refractivity contribution in [3.8, 4) is 0 Å². The minimum Gasteiger partial charge on any atom is -0.334 e. The van der Waals surface area contributed by atoms with Gasteiger partial charge in [0.1, 0.15) is 0 Å². The van der Waals surface area contributed by atoms with Crippen molar-refractivity contribution < 1.29 is 14.5 Å². The molecule has 4 heteroatoms. The average molecular weight is 247 g/mol. The van der Waals surface area contributed by atoms with Crippen LogP contribution in [0.15, 0.2) is 24.3 Å². The minimum absolute atomic E-state index is 0.151. The van der Waals surface area contributed by atoms with Crippen LogP contribution >= 0.6 is 0 Å². The third kappa shape index (κ3) is 2.16. The Bertz CT molecular complexity index is 432. The Morgan fingerprint density at radius 3 is 1.94 bits per heavy atom. The number of rotatable bonds is 5. The first kappa shape index (κ1) is 12.8. The van der Waals surface area contributed by atoms with E-state index in [0.717, 1.165) is 19.6 Å². The Balaban J connectivity index is 2.09. The van der Waals surface area contributed by atoms with Gasteiger partial charge in [-0.25, -0.2) is 0 Å². The van der Waals surface area contributed by atoms with Crippen molar-refractivity contribution >= 4 is 11.8 Å². The second-order valence-corrected chi connectivity index (χ2v) is 4.51. The van der Waals surface area contributed by atoms with Crippen molar-refractivity contribution in [2.75, 3.05) is 26.2 Å². The van der Waals surface area contributed by atoms with Crippen LogP contribution in [0.3, 0.4) is 0 Å². The fourth-order valence-electron chi connectivity index (χ4n) is 2.32. The number of quaternary nitrogens is 1. The lowest BCUT2D eigenvalue weighted by Crippen LogP contribution is -3.12. The van der Waals surface area contributed by atoms with Gasteiger partial charge in [-0.2, -0.15) is 0 Å². The van der Waals surface area contributed by atoms with Gasteiger partial charge in [0, 0.05) is 0 Å². The number of nitrogens with zero attached hydrogens (tertiary/aromatic N) is 1. The molecule has 1 aliphatic rings. The topological polar surface area (TPSA) is 41.8 Å². The van der Waals surface area contributed by atoms with Crippen LogP contribution in [0.4, 0.5) is 0 Å². The number of nitrogens with one attached hydrogen (secondary N) is 1. The highest BCUT2D eigenvalue weighted by molar-refractivity contribution is 6.21. The molecule has 0 aromatic heterocycles. The van der Waals surface area contributed by atoms with Gasteiger partial charge in [0.25, 0.3) is 11.8 Å². The van der Waals surface area contributed by atoms with E-state index in [4.69, 9.17) is 0 Å². The summed E-state index contributed by atoms with van der Waals surface area (Å²) in [4.78, 5) is 27.0. The van der Waals surface area contributed by atoms with E-state index >= 15 is 0 Å². The summed E-state index contributed by atoms with van der Waals surface area (Å²) in [7, 11) is 0. The summed E-state index contributed by atoms with van der Waals surface area (Å²) in [5, 5.41) is 0. The molecule has 0 fully saturated rings. The molecule has 0 radical (unpaired) electrons. The van der Waals surface area contributed by atoms with E-state index in [9.17, 15) is 9.59 Å². The lowest BCUT2D eigenvalue weighted by Gasteiger charge is -2.19. The number of hydrogen-bond donors (Lipinski definition) is 1. The highest BCUT2D eigenvalue weighted by Gasteiger charge is 2.35. The van der Waals surface area contributed by atoms with Gasteiger partial charge in [0.2, 0.25) is 0 Å². The molecule has 2 rings (SSSR count). The predicted octanol–water partition coefficient (Wildman–Crippen LogP) is 0.207. The van der Waals surface area contributed by atoms with Crippen LogP contribution in [0.5, 0.6) is 0 Å². The zero-order chi connectivity index (χ0) is 13.1.